The fourth-order valence-corrected chi connectivity index (χ4v) is 5.32. The van der Waals surface area contributed by atoms with Crippen molar-refractivity contribution in [1.82, 2.24) is 4.98 Å². The zero-order chi connectivity index (χ0) is 26.3. The summed E-state index contributed by atoms with van der Waals surface area (Å²) >= 11 is 0.980. The Bertz CT molecular complexity index is 1400. The van der Waals surface area contributed by atoms with E-state index in [4.69, 9.17) is 4.74 Å². The second kappa shape index (κ2) is 9.70. The van der Waals surface area contributed by atoms with Crippen LogP contribution in [0.5, 0.6) is 0 Å². The first-order valence-corrected chi connectivity index (χ1v) is 12.4. The number of thiazole rings is 1. The van der Waals surface area contributed by atoms with Crippen LogP contribution in [0.3, 0.4) is 0 Å². The Kier molecular flexibility index (Phi) is 6.82. The van der Waals surface area contributed by atoms with Crippen LogP contribution in [0, 0.1) is 20.8 Å². The summed E-state index contributed by atoms with van der Waals surface area (Å²) in [5, 5.41) is 11.6. The average Bonchev–Trinajstić information content (AvgIpc) is 3.36. The van der Waals surface area contributed by atoms with Gasteiger partial charge in [-0.3, -0.25) is 14.5 Å². The average molecular weight is 505 g/mol. The van der Waals surface area contributed by atoms with Gasteiger partial charge in [0.25, 0.3) is 5.78 Å². The second-order valence-electron chi connectivity index (χ2n) is 9.21. The molecule has 7 nitrogen and oxygen atoms in total. The Morgan fingerprint density at radius 3 is 2.36 bits per heavy atom. The first-order valence-electron chi connectivity index (χ1n) is 11.6. The zero-order valence-corrected chi connectivity index (χ0v) is 21.9. The number of hydrogen-bond acceptors (Lipinski definition) is 7. The van der Waals surface area contributed by atoms with E-state index in [0.29, 0.717) is 22.7 Å². The Labute approximate surface area is 214 Å². The number of aliphatic hydroxyl groups is 1. The quantitative estimate of drug-likeness (QED) is 0.210. The van der Waals surface area contributed by atoms with E-state index in [9.17, 15) is 19.5 Å². The summed E-state index contributed by atoms with van der Waals surface area (Å²) < 4.78 is 4.84. The molecule has 0 bridgehead atoms. The second-order valence-corrected chi connectivity index (χ2v) is 10.2. The Balaban J connectivity index is 1.96. The van der Waals surface area contributed by atoms with Crippen LogP contribution in [0.4, 0.5) is 5.13 Å². The molecule has 0 radical (unpaired) electrons. The molecule has 1 aliphatic heterocycles. The first kappa shape index (κ1) is 25.3. The molecular weight excluding hydrogens is 476 g/mol. The molecule has 0 aliphatic carbocycles. The van der Waals surface area contributed by atoms with Crippen LogP contribution in [-0.2, 0) is 14.3 Å². The summed E-state index contributed by atoms with van der Waals surface area (Å²) in [6.07, 6.45) is 0. The number of aryl methyl sites for hydroxylation is 3. The number of esters is 1. The van der Waals surface area contributed by atoms with Gasteiger partial charge >= 0.3 is 11.9 Å². The third-order valence-corrected chi connectivity index (χ3v) is 7.51. The van der Waals surface area contributed by atoms with Crippen LogP contribution in [0.1, 0.15) is 69.0 Å². The smallest absolute Gasteiger partial charge is 0.350 e. The minimum atomic E-state index is -0.915. The van der Waals surface area contributed by atoms with Crippen LogP contribution < -0.4 is 4.90 Å². The lowest BCUT2D eigenvalue weighted by Gasteiger charge is -2.23. The molecule has 1 aromatic heterocycles. The van der Waals surface area contributed by atoms with E-state index >= 15 is 0 Å². The molecule has 186 valence electrons. The lowest BCUT2D eigenvalue weighted by Crippen LogP contribution is -2.29. The highest BCUT2D eigenvalue weighted by atomic mass is 32.1. The molecular formula is C28H28N2O5S. The predicted molar refractivity (Wildman–Crippen MR) is 139 cm³/mol. The molecule has 36 heavy (non-hydrogen) atoms. The molecule has 3 aromatic rings. The molecule has 1 N–H and O–H groups in total. The molecule has 1 unspecified atom stereocenters. The summed E-state index contributed by atoms with van der Waals surface area (Å²) in [6, 6.07) is 12.3. The number of Topliss-reactive ketones (excluding diaryl/α,β-unsaturated/α-hetero) is 1. The number of amides is 1. The summed E-state index contributed by atoms with van der Waals surface area (Å²) in [4.78, 5) is 45.0. The summed E-state index contributed by atoms with van der Waals surface area (Å²) in [6.45, 7) is 9.53. The molecule has 1 amide bonds. The van der Waals surface area contributed by atoms with E-state index in [0.717, 1.165) is 28.0 Å². The standard InChI is InChI=1S/C28H28N2O5S/c1-14(2)18-9-11-19(12-10-18)22-21(23(31)20-13-15(3)7-8-16(20)4)24(32)26(33)30(22)28-29-17(5)25(36-28)27(34)35-6/h7-14,22,31H,1-6H3/b23-21+. The first-order chi connectivity index (χ1) is 17.0. The van der Waals surface area contributed by atoms with Gasteiger partial charge in [0.1, 0.15) is 10.6 Å². The van der Waals surface area contributed by atoms with Gasteiger partial charge < -0.3 is 9.84 Å². The molecule has 0 spiro atoms. The normalized spacial score (nSPS) is 17.2. The topological polar surface area (TPSA) is 96.8 Å². The lowest BCUT2D eigenvalue weighted by atomic mass is 9.92. The van der Waals surface area contributed by atoms with Crippen molar-refractivity contribution < 1.29 is 24.2 Å². The number of hydrogen-bond donors (Lipinski definition) is 1. The Morgan fingerprint density at radius 1 is 1.08 bits per heavy atom. The number of ether oxygens (including phenoxy) is 1. The Morgan fingerprint density at radius 2 is 1.75 bits per heavy atom. The van der Waals surface area contributed by atoms with Gasteiger partial charge in [-0.05, 0) is 49.4 Å². The van der Waals surface area contributed by atoms with Crippen molar-refractivity contribution in [3.05, 3.63) is 86.4 Å². The van der Waals surface area contributed by atoms with Gasteiger partial charge in [-0.2, -0.15) is 0 Å². The number of ketones is 1. The number of rotatable bonds is 5. The van der Waals surface area contributed by atoms with Gasteiger partial charge in [0.05, 0.1) is 24.4 Å². The number of aromatic nitrogens is 1. The van der Waals surface area contributed by atoms with Crippen molar-refractivity contribution in [2.24, 2.45) is 0 Å². The highest BCUT2D eigenvalue weighted by molar-refractivity contribution is 7.17. The van der Waals surface area contributed by atoms with Gasteiger partial charge in [-0.15, -0.1) is 0 Å². The van der Waals surface area contributed by atoms with E-state index in [1.165, 1.54) is 12.0 Å². The van der Waals surface area contributed by atoms with Crippen molar-refractivity contribution in [3.8, 4) is 0 Å². The molecule has 2 aromatic carbocycles. The summed E-state index contributed by atoms with van der Waals surface area (Å²) in [5.41, 5.74) is 4.30. The molecule has 8 heteroatoms. The maximum Gasteiger partial charge on any atom is 0.350 e. The number of carbonyl (C=O) groups excluding carboxylic acids is 3. The molecule has 2 heterocycles. The molecule has 1 atom stereocenters. The maximum absolute atomic E-state index is 13.4. The SMILES string of the molecule is COC(=O)c1sc(N2C(=O)C(=O)/C(=C(/O)c3cc(C)ccc3C)C2c2ccc(C(C)C)cc2)nc1C. The minimum absolute atomic E-state index is 0.0153. The van der Waals surface area contributed by atoms with Gasteiger partial charge in [-0.1, -0.05) is 67.1 Å². The maximum atomic E-state index is 13.4. The lowest BCUT2D eigenvalue weighted by molar-refractivity contribution is -0.132. The van der Waals surface area contributed by atoms with E-state index in [2.05, 4.69) is 18.8 Å². The number of aliphatic hydroxyl groups excluding tert-OH is 1. The van der Waals surface area contributed by atoms with Crippen LogP contribution in [0.2, 0.25) is 0 Å². The molecule has 1 saturated heterocycles. The van der Waals surface area contributed by atoms with E-state index < -0.39 is 23.7 Å². The van der Waals surface area contributed by atoms with Gasteiger partial charge in [-0.25, -0.2) is 9.78 Å². The van der Waals surface area contributed by atoms with Crippen molar-refractivity contribution in [3.63, 3.8) is 0 Å². The highest BCUT2D eigenvalue weighted by Gasteiger charge is 2.48. The third-order valence-electron chi connectivity index (χ3n) is 6.37. The Hall–Kier alpha value is -3.78. The number of nitrogens with zero attached hydrogens (tertiary/aromatic N) is 2. The van der Waals surface area contributed by atoms with E-state index in [1.54, 1.807) is 13.0 Å². The molecule has 1 aliphatic rings. The number of carbonyl (C=O) groups is 3. The van der Waals surface area contributed by atoms with Crippen molar-refractivity contribution >= 4 is 39.9 Å². The molecule has 1 fully saturated rings. The summed E-state index contributed by atoms with van der Waals surface area (Å²) in [5.74, 6) is -2.13. The summed E-state index contributed by atoms with van der Waals surface area (Å²) in [7, 11) is 1.27. The van der Waals surface area contributed by atoms with Crippen LogP contribution in [-0.4, -0.2) is 34.9 Å². The van der Waals surface area contributed by atoms with Crippen LogP contribution >= 0.6 is 11.3 Å². The van der Waals surface area contributed by atoms with E-state index in [1.807, 2.05) is 50.2 Å². The van der Waals surface area contributed by atoms with Gasteiger partial charge in [0.15, 0.2) is 5.13 Å². The van der Waals surface area contributed by atoms with Gasteiger partial charge in [0, 0.05) is 5.56 Å². The van der Waals surface area contributed by atoms with E-state index in [-0.39, 0.29) is 21.3 Å². The number of benzene rings is 2. The van der Waals surface area contributed by atoms with Crippen molar-refractivity contribution in [2.45, 2.75) is 46.6 Å². The fraction of sp³-hybridized carbons (Fsp3) is 0.286. The largest absolute Gasteiger partial charge is 0.507 e. The highest BCUT2D eigenvalue weighted by Crippen LogP contribution is 2.44. The minimum Gasteiger partial charge on any atom is -0.507 e. The van der Waals surface area contributed by atoms with Gasteiger partial charge in [0.2, 0.25) is 0 Å². The number of anilines is 1. The molecule has 4 rings (SSSR count). The monoisotopic (exact) mass is 504 g/mol. The van der Waals surface area contributed by atoms with Crippen LogP contribution in [0.15, 0.2) is 48.0 Å². The van der Waals surface area contributed by atoms with Crippen molar-refractivity contribution in [2.75, 3.05) is 12.0 Å². The van der Waals surface area contributed by atoms with Crippen molar-refractivity contribution in [1.29, 1.82) is 0 Å². The molecule has 0 saturated carbocycles. The predicted octanol–water partition coefficient (Wildman–Crippen LogP) is 5.60. The zero-order valence-electron chi connectivity index (χ0n) is 21.1. The fourth-order valence-electron chi connectivity index (χ4n) is 4.31. The number of methoxy groups -OCH3 is 1. The third kappa shape index (κ3) is 4.33. The van der Waals surface area contributed by atoms with Crippen LogP contribution in [0.25, 0.3) is 5.76 Å².